The van der Waals surface area contributed by atoms with Gasteiger partial charge in [0.1, 0.15) is 0 Å². The third-order valence-corrected chi connectivity index (χ3v) is 5.05. The number of carbonyl (C=O) groups is 2. The van der Waals surface area contributed by atoms with Crippen LogP contribution in [0.4, 0.5) is 0 Å². The van der Waals surface area contributed by atoms with Gasteiger partial charge in [-0.3, -0.25) is 14.1 Å². The Kier molecular flexibility index (Phi) is 19.4. The maximum atomic E-state index is 11.6. The van der Waals surface area contributed by atoms with Crippen molar-refractivity contribution in [2.75, 3.05) is 6.61 Å². The van der Waals surface area contributed by atoms with E-state index < -0.39 is 33.7 Å². The molecule has 0 fully saturated rings. The quantitative estimate of drug-likeness (QED) is 0.163. The van der Waals surface area contributed by atoms with Gasteiger partial charge >= 0.3 is 63.3 Å². The van der Waals surface area contributed by atoms with Crippen LogP contribution in [0, 0.1) is 0 Å². The standard InChI is InChI=1S/C17H32O7S.K.H/c1-2-3-4-5-6-7-8-9-10-11-12-13-24-17(20)15(14-16(18)19)25(21,22)23;;/h15H,2-14H2,1H3,(H,18,19)(H,21,22,23);;/q;+1;-1. The summed E-state index contributed by atoms with van der Waals surface area (Å²) < 4.78 is 35.7. The number of carboxylic acid groups (broad SMARTS) is 1. The fourth-order valence-electron chi connectivity index (χ4n) is 2.50. The molecule has 0 saturated carbocycles. The molecule has 1 unspecified atom stereocenters. The first-order valence-corrected chi connectivity index (χ1v) is 10.6. The number of carbonyl (C=O) groups excluding carboxylic acids is 1. The Morgan fingerprint density at radius 1 is 0.923 bits per heavy atom. The summed E-state index contributed by atoms with van der Waals surface area (Å²) in [5, 5.41) is 6.53. The molecule has 7 nitrogen and oxygen atoms in total. The first-order valence-electron chi connectivity index (χ1n) is 9.13. The molecule has 0 aromatic heterocycles. The first kappa shape index (κ1) is 28.7. The van der Waals surface area contributed by atoms with Crippen molar-refractivity contribution in [3.05, 3.63) is 0 Å². The predicted octanol–water partition coefficient (Wildman–Crippen LogP) is 0.688. The molecular formula is C17H33KO7S. The monoisotopic (exact) mass is 420 g/mol. The van der Waals surface area contributed by atoms with Crippen LogP contribution >= 0.6 is 0 Å². The summed E-state index contributed by atoms with van der Waals surface area (Å²) in [5.41, 5.74) is 0. The van der Waals surface area contributed by atoms with Crippen molar-refractivity contribution in [3.8, 4) is 0 Å². The van der Waals surface area contributed by atoms with Gasteiger partial charge in [0.2, 0.25) is 0 Å². The predicted molar refractivity (Wildman–Crippen MR) is 96.1 cm³/mol. The van der Waals surface area contributed by atoms with E-state index in [2.05, 4.69) is 6.92 Å². The van der Waals surface area contributed by atoms with Crippen LogP contribution in [0.5, 0.6) is 0 Å². The summed E-state index contributed by atoms with van der Waals surface area (Å²) in [7, 11) is -4.78. The Morgan fingerprint density at radius 2 is 1.35 bits per heavy atom. The van der Waals surface area contributed by atoms with Crippen LogP contribution in [0.1, 0.15) is 85.4 Å². The molecule has 2 N–H and O–H groups in total. The van der Waals surface area contributed by atoms with E-state index in [0.29, 0.717) is 6.42 Å². The van der Waals surface area contributed by atoms with Gasteiger partial charge in [-0.2, -0.15) is 8.42 Å². The van der Waals surface area contributed by atoms with E-state index in [1.807, 2.05) is 0 Å². The number of hydrogen-bond donors (Lipinski definition) is 2. The molecule has 0 aliphatic carbocycles. The molecular weight excluding hydrogens is 387 g/mol. The van der Waals surface area contributed by atoms with Gasteiger partial charge in [0.25, 0.3) is 10.1 Å². The molecule has 0 bridgehead atoms. The van der Waals surface area contributed by atoms with Crippen molar-refractivity contribution in [1.29, 1.82) is 0 Å². The van der Waals surface area contributed by atoms with Gasteiger partial charge < -0.3 is 11.3 Å². The third-order valence-electron chi connectivity index (χ3n) is 3.97. The van der Waals surface area contributed by atoms with Crippen molar-refractivity contribution in [1.82, 2.24) is 0 Å². The molecule has 9 heteroatoms. The molecule has 1 atom stereocenters. The van der Waals surface area contributed by atoms with Gasteiger partial charge in [0.05, 0.1) is 13.0 Å². The van der Waals surface area contributed by atoms with Crippen LogP contribution in [0.3, 0.4) is 0 Å². The fourth-order valence-corrected chi connectivity index (χ4v) is 3.17. The molecule has 0 rings (SSSR count). The summed E-state index contributed by atoms with van der Waals surface area (Å²) in [4.78, 5) is 22.1. The number of ether oxygens (including phenoxy) is 1. The number of rotatable bonds is 16. The zero-order valence-electron chi connectivity index (χ0n) is 17.1. The largest absolute Gasteiger partial charge is 1.00 e. The minimum absolute atomic E-state index is 0. The van der Waals surface area contributed by atoms with Crippen LogP contribution < -0.4 is 51.4 Å². The van der Waals surface area contributed by atoms with Crippen LogP contribution in [0.2, 0.25) is 0 Å². The molecule has 150 valence electrons. The molecule has 0 spiro atoms. The van der Waals surface area contributed by atoms with E-state index in [4.69, 9.17) is 14.4 Å². The molecule has 0 aliphatic heterocycles. The number of hydrogen-bond acceptors (Lipinski definition) is 5. The van der Waals surface area contributed by atoms with Gasteiger partial charge in [-0.15, -0.1) is 0 Å². The summed E-state index contributed by atoms with van der Waals surface area (Å²) in [5.74, 6) is -2.70. The van der Waals surface area contributed by atoms with Crippen molar-refractivity contribution in [2.24, 2.45) is 0 Å². The van der Waals surface area contributed by atoms with Crippen LogP contribution in [-0.4, -0.2) is 41.9 Å². The Labute approximate surface area is 201 Å². The van der Waals surface area contributed by atoms with Crippen LogP contribution in [0.15, 0.2) is 0 Å². The van der Waals surface area contributed by atoms with Crippen molar-refractivity contribution in [3.63, 3.8) is 0 Å². The van der Waals surface area contributed by atoms with E-state index in [-0.39, 0.29) is 59.4 Å². The molecule has 0 radical (unpaired) electrons. The Morgan fingerprint density at radius 3 is 1.73 bits per heavy atom. The molecule has 0 aliphatic rings. The number of aliphatic carboxylic acids is 1. The first-order chi connectivity index (χ1) is 11.8. The van der Waals surface area contributed by atoms with Gasteiger partial charge in [-0.05, 0) is 6.42 Å². The van der Waals surface area contributed by atoms with Crippen LogP contribution in [0.25, 0.3) is 0 Å². The van der Waals surface area contributed by atoms with E-state index >= 15 is 0 Å². The van der Waals surface area contributed by atoms with E-state index in [1.165, 1.54) is 44.9 Å². The summed E-state index contributed by atoms with van der Waals surface area (Å²) in [6.07, 6.45) is 11.5. The van der Waals surface area contributed by atoms with Gasteiger partial charge in [-0.25, -0.2) is 0 Å². The van der Waals surface area contributed by atoms with E-state index in [9.17, 15) is 18.0 Å². The second kappa shape index (κ2) is 17.6. The topological polar surface area (TPSA) is 118 Å². The third kappa shape index (κ3) is 16.6. The zero-order chi connectivity index (χ0) is 19.1. The molecule has 0 amide bonds. The zero-order valence-corrected chi connectivity index (χ0v) is 20.1. The van der Waals surface area contributed by atoms with E-state index in [0.717, 1.165) is 19.3 Å². The van der Waals surface area contributed by atoms with Gasteiger partial charge in [-0.1, -0.05) is 71.1 Å². The average Bonchev–Trinajstić information content (AvgIpc) is 2.52. The summed E-state index contributed by atoms with van der Waals surface area (Å²) in [6.45, 7) is 2.23. The van der Waals surface area contributed by atoms with Crippen LogP contribution in [-0.2, 0) is 24.4 Å². The summed E-state index contributed by atoms with van der Waals surface area (Å²) in [6, 6.07) is 0. The Bertz CT molecular complexity index is 486. The fraction of sp³-hybridized carbons (Fsp3) is 0.882. The summed E-state index contributed by atoms with van der Waals surface area (Å²) >= 11 is 0. The normalized spacial score (nSPS) is 12.2. The number of unbranched alkanes of at least 4 members (excludes halogenated alkanes) is 10. The second-order valence-electron chi connectivity index (χ2n) is 6.30. The van der Waals surface area contributed by atoms with Crippen molar-refractivity contribution in [2.45, 2.75) is 89.2 Å². The van der Waals surface area contributed by atoms with Gasteiger partial charge in [0, 0.05) is 0 Å². The van der Waals surface area contributed by atoms with Gasteiger partial charge in [0.15, 0.2) is 5.25 Å². The molecule has 0 heterocycles. The maximum Gasteiger partial charge on any atom is 1.00 e. The molecule has 0 saturated heterocycles. The molecule has 26 heavy (non-hydrogen) atoms. The SMILES string of the molecule is CCCCCCCCCCCCCOC(=O)C(CC(=O)O)S(=O)(=O)O.[H-].[K+]. The maximum absolute atomic E-state index is 11.6. The number of carboxylic acids is 1. The Balaban J connectivity index is -0.00000288. The minimum Gasteiger partial charge on any atom is -1.00 e. The van der Waals surface area contributed by atoms with Crippen molar-refractivity contribution >= 4 is 22.1 Å². The van der Waals surface area contributed by atoms with Crippen molar-refractivity contribution < 1.29 is 85.2 Å². The Hall–Kier alpha value is 0.486. The average molecular weight is 421 g/mol. The molecule has 0 aromatic carbocycles. The second-order valence-corrected chi connectivity index (χ2v) is 7.90. The van der Waals surface area contributed by atoms with E-state index in [1.54, 1.807) is 0 Å². The number of esters is 1. The smallest absolute Gasteiger partial charge is 1.00 e. The minimum atomic E-state index is -4.78. The molecule has 0 aromatic rings.